The molecular formula is C14H13BN4O3S. The second kappa shape index (κ2) is 6.74. The van der Waals surface area contributed by atoms with Crippen LogP contribution in [-0.4, -0.2) is 33.5 Å². The maximum absolute atomic E-state index is 10.6. The smallest absolute Gasteiger partial charge is 0.423 e. The summed E-state index contributed by atoms with van der Waals surface area (Å²) in [6.45, 7) is 0.530. The Morgan fingerprint density at radius 3 is 2.70 bits per heavy atom. The molecule has 7 nitrogen and oxygen atoms in total. The van der Waals surface area contributed by atoms with E-state index in [0.29, 0.717) is 35.4 Å². The van der Waals surface area contributed by atoms with Gasteiger partial charge in [-0.15, -0.1) is 11.3 Å². The van der Waals surface area contributed by atoms with E-state index >= 15 is 0 Å². The fourth-order valence-electron chi connectivity index (χ4n) is 2.14. The molecule has 0 aliphatic heterocycles. The maximum Gasteiger partial charge on any atom is 0.488 e. The summed E-state index contributed by atoms with van der Waals surface area (Å²) in [5, 5.41) is 25.8. The third-order valence-electron chi connectivity index (χ3n) is 3.31. The predicted molar refractivity (Wildman–Crippen MR) is 90.7 cm³/mol. The van der Waals surface area contributed by atoms with Crippen LogP contribution in [0.2, 0.25) is 0 Å². The van der Waals surface area contributed by atoms with Gasteiger partial charge in [-0.25, -0.2) is 9.97 Å². The Morgan fingerprint density at radius 2 is 2.00 bits per heavy atom. The molecule has 0 radical (unpaired) electrons. The predicted octanol–water partition coefficient (Wildman–Crippen LogP) is 0.552. The highest BCUT2D eigenvalue weighted by Gasteiger charge is 2.11. The highest BCUT2D eigenvalue weighted by molar-refractivity contribution is 7.18. The largest absolute Gasteiger partial charge is 0.488 e. The van der Waals surface area contributed by atoms with Gasteiger partial charge in [0.25, 0.3) is 0 Å². The van der Waals surface area contributed by atoms with Crippen molar-refractivity contribution < 1.29 is 14.8 Å². The molecule has 0 fully saturated rings. The lowest BCUT2D eigenvalue weighted by atomic mass is 9.80. The summed E-state index contributed by atoms with van der Waals surface area (Å²) in [5.41, 5.74) is 2.77. The molecule has 0 saturated carbocycles. The molecule has 2 heterocycles. The molecule has 0 spiro atoms. The Bertz CT molecular complexity index is 823. The normalized spacial score (nSPS) is 10.5. The van der Waals surface area contributed by atoms with Crippen LogP contribution in [0.4, 0.5) is 11.5 Å². The number of hydrogen-bond donors (Lipinski definition) is 4. The van der Waals surface area contributed by atoms with Gasteiger partial charge in [-0.3, -0.25) is 4.79 Å². The minimum Gasteiger partial charge on any atom is -0.423 e. The fourth-order valence-corrected chi connectivity index (χ4v) is 3.06. The van der Waals surface area contributed by atoms with E-state index in [2.05, 4.69) is 20.6 Å². The second-order valence-electron chi connectivity index (χ2n) is 4.78. The van der Waals surface area contributed by atoms with E-state index in [1.807, 2.05) is 17.5 Å². The van der Waals surface area contributed by atoms with Crippen molar-refractivity contribution >= 4 is 52.0 Å². The van der Waals surface area contributed by atoms with Crippen LogP contribution in [0, 0.1) is 0 Å². The summed E-state index contributed by atoms with van der Waals surface area (Å²) in [4.78, 5) is 19.0. The first-order chi connectivity index (χ1) is 11.2. The van der Waals surface area contributed by atoms with Crippen molar-refractivity contribution in [3.05, 3.63) is 41.5 Å². The van der Waals surface area contributed by atoms with Crippen molar-refractivity contribution in [2.75, 3.05) is 10.6 Å². The van der Waals surface area contributed by atoms with Gasteiger partial charge in [-0.2, -0.15) is 0 Å². The Labute approximate surface area is 136 Å². The second-order valence-corrected chi connectivity index (χ2v) is 5.66. The number of carbonyl (C=O) groups excluding carboxylic acids is 1. The number of rotatable bonds is 6. The average molecular weight is 328 g/mol. The SMILES string of the molecule is O=CNc1csc2c(NCc3ccc(B(O)O)cc3)ncnc12. The zero-order chi connectivity index (χ0) is 16.2. The zero-order valence-electron chi connectivity index (χ0n) is 11.9. The van der Waals surface area contributed by atoms with E-state index in [4.69, 9.17) is 10.0 Å². The number of carbonyl (C=O) groups is 1. The minimum absolute atomic E-state index is 0.445. The quantitative estimate of drug-likeness (QED) is 0.389. The summed E-state index contributed by atoms with van der Waals surface area (Å²) in [5.74, 6) is 0.685. The van der Waals surface area contributed by atoms with Gasteiger partial charge in [0.15, 0.2) is 0 Å². The van der Waals surface area contributed by atoms with Gasteiger partial charge in [0.05, 0.1) is 10.4 Å². The van der Waals surface area contributed by atoms with Crippen molar-refractivity contribution in [1.29, 1.82) is 0 Å². The molecule has 2 aromatic heterocycles. The zero-order valence-corrected chi connectivity index (χ0v) is 12.7. The molecule has 0 saturated heterocycles. The molecule has 0 aliphatic rings. The van der Waals surface area contributed by atoms with Gasteiger partial charge in [0.2, 0.25) is 6.41 Å². The molecule has 0 unspecified atom stereocenters. The number of benzene rings is 1. The number of nitrogens with one attached hydrogen (secondary N) is 2. The molecule has 4 N–H and O–H groups in total. The molecule has 116 valence electrons. The Hall–Kier alpha value is -2.49. The number of nitrogens with zero attached hydrogens (tertiary/aromatic N) is 2. The molecule has 0 aliphatic carbocycles. The van der Waals surface area contributed by atoms with E-state index in [1.165, 1.54) is 17.7 Å². The fraction of sp³-hybridized carbons (Fsp3) is 0.0714. The van der Waals surface area contributed by atoms with Crippen molar-refractivity contribution in [2.45, 2.75) is 6.54 Å². The van der Waals surface area contributed by atoms with Crippen LogP contribution >= 0.6 is 11.3 Å². The van der Waals surface area contributed by atoms with E-state index in [-0.39, 0.29) is 0 Å². The first kappa shape index (κ1) is 15.4. The lowest BCUT2D eigenvalue weighted by Gasteiger charge is -2.07. The van der Waals surface area contributed by atoms with Crippen LogP contribution in [0.1, 0.15) is 5.56 Å². The molecule has 1 amide bonds. The summed E-state index contributed by atoms with van der Waals surface area (Å²) in [6, 6.07) is 6.95. The van der Waals surface area contributed by atoms with E-state index in [1.54, 1.807) is 12.1 Å². The first-order valence-corrected chi connectivity index (χ1v) is 7.68. The standard InChI is InChI=1S/C14H13BN4O3S/c20-8-19-11-6-23-13-12(11)17-7-18-14(13)16-5-9-1-3-10(4-2-9)15(21)22/h1-4,6-8,21-22H,5H2,(H,19,20)(H,16,17,18). The van der Waals surface area contributed by atoms with Crippen molar-refractivity contribution in [1.82, 2.24) is 9.97 Å². The molecule has 3 rings (SSSR count). The van der Waals surface area contributed by atoms with Crippen LogP contribution in [0.3, 0.4) is 0 Å². The number of aromatic nitrogens is 2. The van der Waals surface area contributed by atoms with Gasteiger partial charge in [-0.05, 0) is 11.0 Å². The van der Waals surface area contributed by atoms with E-state index in [0.717, 1.165) is 10.3 Å². The molecule has 0 bridgehead atoms. The van der Waals surface area contributed by atoms with Crippen LogP contribution in [-0.2, 0) is 11.3 Å². The third kappa shape index (κ3) is 3.31. The number of amides is 1. The Balaban J connectivity index is 1.77. The lowest BCUT2D eigenvalue weighted by molar-refractivity contribution is -0.105. The van der Waals surface area contributed by atoms with Crippen LogP contribution < -0.4 is 16.1 Å². The molecule has 3 aromatic rings. The lowest BCUT2D eigenvalue weighted by Crippen LogP contribution is -2.29. The molecule has 23 heavy (non-hydrogen) atoms. The maximum atomic E-state index is 10.6. The summed E-state index contributed by atoms with van der Waals surface area (Å²) in [6.07, 6.45) is 2.06. The van der Waals surface area contributed by atoms with Crippen molar-refractivity contribution in [2.24, 2.45) is 0 Å². The van der Waals surface area contributed by atoms with Crippen LogP contribution in [0.15, 0.2) is 36.0 Å². The molecule has 0 atom stereocenters. The number of fused-ring (bicyclic) bond motifs is 1. The van der Waals surface area contributed by atoms with E-state index < -0.39 is 7.12 Å². The Morgan fingerprint density at radius 1 is 1.22 bits per heavy atom. The van der Waals surface area contributed by atoms with Gasteiger partial charge in [-0.1, -0.05) is 24.3 Å². The average Bonchev–Trinajstić information content (AvgIpc) is 2.97. The number of hydrogen-bond acceptors (Lipinski definition) is 7. The van der Waals surface area contributed by atoms with Gasteiger partial charge in [0, 0.05) is 11.9 Å². The van der Waals surface area contributed by atoms with Crippen molar-refractivity contribution in [3.8, 4) is 0 Å². The summed E-state index contributed by atoms with van der Waals surface area (Å²) >= 11 is 1.45. The topological polar surface area (TPSA) is 107 Å². The minimum atomic E-state index is -1.46. The third-order valence-corrected chi connectivity index (χ3v) is 4.28. The van der Waals surface area contributed by atoms with Gasteiger partial charge < -0.3 is 20.7 Å². The van der Waals surface area contributed by atoms with Crippen LogP contribution in [0.25, 0.3) is 10.2 Å². The van der Waals surface area contributed by atoms with Gasteiger partial charge in [0.1, 0.15) is 17.7 Å². The summed E-state index contributed by atoms with van der Waals surface area (Å²) in [7, 11) is -1.46. The monoisotopic (exact) mass is 328 g/mol. The number of anilines is 2. The number of thiophene rings is 1. The Kier molecular flexibility index (Phi) is 4.51. The molecule has 9 heteroatoms. The van der Waals surface area contributed by atoms with Crippen molar-refractivity contribution in [3.63, 3.8) is 0 Å². The highest BCUT2D eigenvalue weighted by Crippen LogP contribution is 2.32. The first-order valence-electron chi connectivity index (χ1n) is 6.80. The van der Waals surface area contributed by atoms with Gasteiger partial charge >= 0.3 is 7.12 Å². The summed E-state index contributed by atoms with van der Waals surface area (Å²) < 4.78 is 0.860. The molecular weight excluding hydrogens is 315 g/mol. The van der Waals surface area contributed by atoms with Crippen LogP contribution in [0.5, 0.6) is 0 Å². The van der Waals surface area contributed by atoms with E-state index in [9.17, 15) is 4.79 Å². The molecule has 1 aromatic carbocycles. The highest BCUT2D eigenvalue weighted by atomic mass is 32.1.